The summed E-state index contributed by atoms with van der Waals surface area (Å²) >= 11 is 5.13. The SMILES string of the molecule is I.NC(=NCCc1cccs1)NCCOc1ccc(Br)cc1. The average Bonchev–Trinajstić information content (AvgIpc) is 2.99. The predicted octanol–water partition coefficient (Wildman–Crippen LogP) is 3.65. The van der Waals surface area contributed by atoms with E-state index in [-0.39, 0.29) is 24.0 Å². The molecule has 0 aliphatic heterocycles. The monoisotopic (exact) mass is 495 g/mol. The van der Waals surface area contributed by atoms with Crippen molar-refractivity contribution < 1.29 is 4.74 Å². The zero-order valence-electron chi connectivity index (χ0n) is 12.0. The maximum absolute atomic E-state index is 5.79. The van der Waals surface area contributed by atoms with Crippen molar-refractivity contribution in [2.75, 3.05) is 19.7 Å². The number of thiophene rings is 1. The van der Waals surface area contributed by atoms with Gasteiger partial charge in [0.2, 0.25) is 0 Å². The first kappa shape index (κ1) is 19.2. The lowest BCUT2D eigenvalue weighted by Gasteiger charge is -2.08. The molecule has 0 bridgehead atoms. The lowest BCUT2D eigenvalue weighted by molar-refractivity contribution is 0.322. The Kier molecular flexibility index (Phi) is 9.49. The van der Waals surface area contributed by atoms with Crippen molar-refractivity contribution in [1.29, 1.82) is 0 Å². The molecular weight excluding hydrogens is 477 g/mol. The van der Waals surface area contributed by atoms with Crippen molar-refractivity contribution in [2.24, 2.45) is 10.7 Å². The van der Waals surface area contributed by atoms with Crippen molar-refractivity contribution in [3.63, 3.8) is 0 Å². The van der Waals surface area contributed by atoms with Gasteiger partial charge in [-0.25, -0.2) is 0 Å². The number of rotatable bonds is 7. The molecule has 2 aromatic rings. The Labute approximate surface area is 160 Å². The molecule has 0 atom stereocenters. The molecule has 0 unspecified atom stereocenters. The molecule has 2 rings (SSSR count). The highest BCUT2D eigenvalue weighted by atomic mass is 127. The van der Waals surface area contributed by atoms with Crippen LogP contribution in [-0.2, 0) is 6.42 Å². The van der Waals surface area contributed by atoms with Crippen molar-refractivity contribution in [3.8, 4) is 5.75 Å². The standard InChI is InChI=1S/C15H18BrN3OS.HI/c16-12-3-5-13(6-4-12)20-10-9-19-15(17)18-8-7-14-2-1-11-21-14;/h1-6,11H,7-10H2,(H3,17,18,19);1H. The smallest absolute Gasteiger partial charge is 0.188 e. The van der Waals surface area contributed by atoms with Crippen LogP contribution in [0.2, 0.25) is 0 Å². The fourth-order valence-electron chi connectivity index (χ4n) is 1.68. The molecule has 0 spiro atoms. The summed E-state index contributed by atoms with van der Waals surface area (Å²) < 4.78 is 6.62. The van der Waals surface area contributed by atoms with Gasteiger partial charge in [-0.3, -0.25) is 4.99 Å². The number of hydrogen-bond donors (Lipinski definition) is 2. The van der Waals surface area contributed by atoms with Crippen molar-refractivity contribution in [1.82, 2.24) is 5.32 Å². The first-order chi connectivity index (χ1) is 10.2. The molecule has 0 fully saturated rings. The highest BCUT2D eigenvalue weighted by molar-refractivity contribution is 14.0. The Morgan fingerprint density at radius 1 is 1.27 bits per heavy atom. The second kappa shape index (κ2) is 10.8. The third-order valence-corrected chi connectivity index (χ3v) is 4.18. The Morgan fingerprint density at radius 3 is 2.73 bits per heavy atom. The molecule has 7 heteroatoms. The van der Waals surface area contributed by atoms with Gasteiger partial charge >= 0.3 is 0 Å². The van der Waals surface area contributed by atoms with Gasteiger partial charge in [0, 0.05) is 22.3 Å². The first-order valence-electron chi connectivity index (χ1n) is 6.68. The first-order valence-corrected chi connectivity index (χ1v) is 8.36. The van der Waals surface area contributed by atoms with Crippen molar-refractivity contribution in [3.05, 3.63) is 51.1 Å². The maximum Gasteiger partial charge on any atom is 0.188 e. The number of guanidine groups is 1. The van der Waals surface area contributed by atoms with Crippen LogP contribution in [0.5, 0.6) is 5.75 Å². The van der Waals surface area contributed by atoms with E-state index in [1.807, 2.05) is 30.3 Å². The number of benzene rings is 1. The van der Waals surface area contributed by atoms with Crippen LogP contribution in [0, 0.1) is 0 Å². The summed E-state index contributed by atoms with van der Waals surface area (Å²) in [6, 6.07) is 11.9. The number of ether oxygens (including phenoxy) is 1. The summed E-state index contributed by atoms with van der Waals surface area (Å²) in [6.45, 7) is 1.88. The zero-order chi connectivity index (χ0) is 14.9. The summed E-state index contributed by atoms with van der Waals surface area (Å²) in [5.74, 6) is 1.30. The normalized spacial score (nSPS) is 10.9. The van der Waals surface area contributed by atoms with E-state index in [9.17, 15) is 0 Å². The van der Waals surface area contributed by atoms with E-state index in [2.05, 4.69) is 37.7 Å². The van der Waals surface area contributed by atoms with Crippen molar-refractivity contribution in [2.45, 2.75) is 6.42 Å². The number of nitrogens with zero attached hydrogens (tertiary/aromatic N) is 1. The van der Waals surface area contributed by atoms with Crippen LogP contribution < -0.4 is 15.8 Å². The van der Waals surface area contributed by atoms with Gasteiger partial charge in [-0.1, -0.05) is 22.0 Å². The molecule has 0 amide bonds. The fraction of sp³-hybridized carbons (Fsp3) is 0.267. The molecule has 1 aromatic heterocycles. The minimum Gasteiger partial charge on any atom is -0.492 e. The molecule has 0 saturated heterocycles. The van der Waals surface area contributed by atoms with Crippen LogP contribution in [0.3, 0.4) is 0 Å². The van der Waals surface area contributed by atoms with Gasteiger partial charge in [-0.15, -0.1) is 35.3 Å². The van der Waals surface area contributed by atoms with Gasteiger partial charge in [0.25, 0.3) is 0 Å². The summed E-state index contributed by atoms with van der Waals surface area (Å²) in [5.41, 5.74) is 5.79. The van der Waals surface area contributed by atoms with Crippen LogP contribution in [0.4, 0.5) is 0 Å². The molecular formula is C15H19BrIN3OS. The molecule has 120 valence electrons. The predicted molar refractivity (Wildman–Crippen MR) is 108 cm³/mol. The molecule has 1 heterocycles. The molecule has 0 saturated carbocycles. The van der Waals surface area contributed by atoms with E-state index >= 15 is 0 Å². The van der Waals surface area contributed by atoms with Gasteiger partial charge in [0.05, 0.1) is 6.54 Å². The fourth-order valence-corrected chi connectivity index (χ4v) is 2.64. The maximum atomic E-state index is 5.79. The lowest BCUT2D eigenvalue weighted by atomic mass is 10.3. The van der Waals surface area contributed by atoms with Gasteiger partial charge in [0.15, 0.2) is 5.96 Å². The van der Waals surface area contributed by atoms with Gasteiger partial charge in [-0.2, -0.15) is 0 Å². The van der Waals surface area contributed by atoms with E-state index in [4.69, 9.17) is 10.5 Å². The van der Waals surface area contributed by atoms with Crippen LogP contribution >= 0.6 is 51.2 Å². The number of halogens is 2. The quantitative estimate of drug-likeness (QED) is 0.267. The van der Waals surface area contributed by atoms with Crippen LogP contribution in [0.15, 0.2) is 51.2 Å². The van der Waals surface area contributed by atoms with Crippen LogP contribution in [0.1, 0.15) is 4.88 Å². The van der Waals surface area contributed by atoms with E-state index in [0.29, 0.717) is 25.7 Å². The third kappa shape index (κ3) is 7.46. The average molecular weight is 496 g/mol. The van der Waals surface area contributed by atoms with E-state index in [1.54, 1.807) is 11.3 Å². The number of nitrogens with one attached hydrogen (secondary N) is 1. The number of aliphatic imine (C=N–C) groups is 1. The largest absolute Gasteiger partial charge is 0.492 e. The minimum atomic E-state index is 0. The van der Waals surface area contributed by atoms with Crippen LogP contribution in [-0.4, -0.2) is 25.7 Å². The molecule has 22 heavy (non-hydrogen) atoms. The summed E-state index contributed by atoms with van der Waals surface area (Å²) in [4.78, 5) is 5.61. The lowest BCUT2D eigenvalue weighted by Crippen LogP contribution is -2.34. The molecule has 0 aliphatic carbocycles. The number of nitrogens with two attached hydrogens (primary N) is 1. The van der Waals surface area contributed by atoms with Gasteiger partial charge in [-0.05, 0) is 35.7 Å². The van der Waals surface area contributed by atoms with E-state index in [0.717, 1.165) is 16.6 Å². The summed E-state index contributed by atoms with van der Waals surface area (Å²) in [7, 11) is 0. The van der Waals surface area contributed by atoms with E-state index < -0.39 is 0 Å². The zero-order valence-corrected chi connectivity index (χ0v) is 16.7. The third-order valence-electron chi connectivity index (χ3n) is 2.71. The Morgan fingerprint density at radius 2 is 2.05 bits per heavy atom. The second-order valence-corrected chi connectivity index (χ2v) is 6.27. The van der Waals surface area contributed by atoms with E-state index in [1.165, 1.54) is 4.88 Å². The second-order valence-electron chi connectivity index (χ2n) is 4.33. The Bertz CT molecular complexity index is 561. The summed E-state index contributed by atoms with van der Waals surface area (Å²) in [6.07, 6.45) is 0.926. The number of hydrogen-bond acceptors (Lipinski definition) is 3. The summed E-state index contributed by atoms with van der Waals surface area (Å²) in [5, 5.41) is 5.11. The van der Waals surface area contributed by atoms with Gasteiger partial charge < -0.3 is 15.8 Å². The molecule has 3 N–H and O–H groups in total. The molecule has 1 aromatic carbocycles. The minimum absolute atomic E-state index is 0. The molecule has 0 radical (unpaired) electrons. The Balaban J connectivity index is 0.00000242. The molecule has 4 nitrogen and oxygen atoms in total. The van der Waals surface area contributed by atoms with Gasteiger partial charge in [0.1, 0.15) is 12.4 Å². The van der Waals surface area contributed by atoms with Crippen molar-refractivity contribution >= 4 is 57.2 Å². The van der Waals surface area contributed by atoms with Crippen LogP contribution in [0.25, 0.3) is 0 Å². The Hall–Kier alpha value is -0.800. The topological polar surface area (TPSA) is 59.6 Å². The highest BCUT2D eigenvalue weighted by Crippen LogP contribution is 2.15. The highest BCUT2D eigenvalue weighted by Gasteiger charge is 1.96. The molecule has 0 aliphatic rings.